The van der Waals surface area contributed by atoms with Gasteiger partial charge < -0.3 is 10.3 Å². The van der Waals surface area contributed by atoms with Crippen molar-refractivity contribution in [1.29, 1.82) is 0 Å². The van der Waals surface area contributed by atoms with E-state index in [0.717, 1.165) is 11.9 Å². The molecule has 3 aromatic rings. The van der Waals surface area contributed by atoms with Gasteiger partial charge in [0.2, 0.25) is 5.91 Å². The van der Waals surface area contributed by atoms with Crippen LogP contribution >= 0.6 is 0 Å². The van der Waals surface area contributed by atoms with Gasteiger partial charge in [-0.3, -0.25) is 4.79 Å². The van der Waals surface area contributed by atoms with E-state index in [-0.39, 0.29) is 11.8 Å². The Morgan fingerprint density at radius 1 is 1.04 bits per heavy atom. The zero-order valence-corrected chi connectivity index (χ0v) is 14.3. The summed E-state index contributed by atoms with van der Waals surface area (Å²) < 4.78 is 0. The fourth-order valence-electron chi connectivity index (χ4n) is 3.05. The molecule has 1 heterocycles. The Hall–Kier alpha value is -2.55. The number of H-pyrrole nitrogens is 1. The van der Waals surface area contributed by atoms with Crippen LogP contribution in [0.15, 0.2) is 60.8 Å². The molecule has 1 aromatic heterocycles. The van der Waals surface area contributed by atoms with Gasteiger partial charge in [0.25, 0.3) is 0 Å². The smallest absolute Gasteiger partial charge is 0.223 e. The summed E-state index contributed by atoms with van der Waals surface area (Å²) in [5.41, 5.74) is 3.57. The van der Waals surface area contributed by atoms with Crippen LogP contribution in [0, 0.1) is 5.92 Å². The number of carbonyl (C=O) groups excluding carboxylic acids is 1. The van der Waals surface area contributed by atoms with Gasteiger partial charge in [-0.1, -0.05) is 62.4 Å². The quantitative estimate of drug-likeness (QED) is 0.700. The largest absolute Gasteiger partial charge is 0.361 e. The summed E-state index contributed by atoms with van der Waals surface area (Å²) in [4.78, 5) is 15.7. The van der Waals surface area contributed by atoms with E-state index < -0.39 is 0 Å². The van der Waals surface area contributed by atoms with Gasteiger partial charge >= 0.3 is 0 Å². The minimum atomic E-state index is -0.0489. The third-order valence-corrected chi connectivity index (χ3v) is 4.60. The Labute approximate surface area is 143 Å². The molecule has 0 radical (unpaired) electrons. The Morgan fingerprint density at radius 2 is 1.75 bits per heavy atom. The molecule has 2 aromatic carbocycles. The van der Waals surface area contributed by atoms with E-state index in [1.54, 1.807) is 0 Å². The highest BCUT2D eigenvalue weighted by Crippen LogP contribution is 2.21. The van der Waals surface area contributed by atoms with E-state index in [4.69, 9.17) is 0 Å². The average Bonchev–Trinajstić information content (AvgIpc) is 3.03. The van der Waals surface area contributed by atoms with Gasteiger partial charge in [-0.25, -0.2) is 0 Å². The topological polar surface area (TPSA) is 44.9 Å². The van der Waals surface area contributed by atoms with Gasteiger partial charge in [-0.15, -0.1) is 0 Å². The maximum Gasteiger partial charge on any atom is 0.223 e. The number of para-hydroxylation sites is 1. The van der Waals surface area contributed by atoms with E-state index in [1.807, 2.05) is 43.5 Å². The molecule has 3 heteroatoms. The minimum absolute atomic E-state index is 0.0489. The number of aromatic amines is 1. The van der Waals surface area contributed by atoms with Crippen LogP contribution in [0.25, 0.3) is 10.9 Å². The predicted octanol–water partition coefficient (Wildman–Crippen LogP) is 4.27. The SMILES string of the molecule is CC(Cc1c[nH]c2ccccc12)C(=O)NCC(C)c1ccccc1. The molecule has 0 aliphatic rings. The molecule has 1 amide bonds. The predicted molar refractivity (Wildman–Crippen MR) is 99.0 cm³/mol. The van der Waals surface area contributed by atoms with Crippen molar-refractivity contribution in [2.45, 2.75) is 26.2 Å². The van der Waals surface area contributed by atoms with E-state index in [0.29, 0.717) is 12.5 Å². The van der Waals surface area contributed by atoms with E-state index >= 15 is 0 Å². The normalized spacial score (nSPS) is 13.6. The minimum Gasteiger partial charge on any atom is -0.361 e. The van der Waals surface area contributed by atoms with Crippen molar-refractivity contribution < 1.29 is 4.79 Å². The van der Waals surface area contributed by atoms with Crippen LogP contribution in [0.2, 0.25) is 0 Å². The van der Waals surface area contributed by atoms with Crippen LogP contribution in [-0.2, 0) is 11.2 Å². The van der Waals surface area contributed by atoms with Crippen molar-refractivity contribution in [2.24, 2.45) is 5.92 Å². The lowest BCUT2D eigenvalue weighted by atomic mass is 9.98. The molecular weight excluding hydrogens is 296 g/mol. The molecule has 2 unspecified atom stereocenters. The zero-order valence-electron chi connectivity index (χ0n) is 14.3. The first-order valence-electron chi connectivity index (χ1n) is 8.53. The maximum absolute atomic E-state index is 12.4. The molecule has 3 rings (SSSR count). The molecule has 0 saturated heterocycles. The number of carbonyl (C=O) groups is 1. The molecule has 0 bridgehead atoms. The maximum atomic E-state index is 12.4. The van der Waals surface area contributed by atoms with Crippen LogP contribution in [0.1, 0.15) is 30.9 Å². The van der Waals surface area contributed by atoms with Gasteiger partial charge in [0.1, 0.15) is 0 Å². The summed E-state index contributed by atoms with van der Waals surface area (Å²) in [5.74, 6) is 0.380. The van der Waals surface area contributed by atoms with Crippen molar-refractivity contribution in [2.75, 3.05) is 6.54 Å². The van der Waals surface area contributed by atoms with Gasteiger partial charge in [-0.05, 0) is 29.5 Å². The second-order valence-electron chi connectivity index (χ2n) is 6.52. The van der Waals surface area contributed by atoms with Gasteiger partial charge in [-0.2, -0.15) is 0 Å². The molecule has 2 atom stereocenters. The van der Waals surface area contributed by atoms with E-state index in [1.165, 1.54) is 16.5 Å². The summed E-state index contributed by atoms with van der Waals surface area (Å²) in [6.45, 7) is 4.80. The highest BCUT2D eigenvalue weighted by Gasteiger charge is 2.16. The molecule has 24 heavy (non-hydrogen) atoms. The van der Waals surface area contributed by atoms with Crippen molar-refractivity contribution in [3.05, 3.63) is 71.9 Å². The summed E-state index contributed by atoms with van der Waals surface area (Å²) in [5, 5.41) is 4.30. The summed E-state index contributed by atoms with van der Waals surface area (Å²) in [6.07, 6.45) is 2.76. The van der Waals surface area contributed by atoms with Crippen molar-refractivity contribution >= 4 is 16.8 Å². The second-order valence-corrected chi connectivity index (χ2v) is 6.52. The number of hydrogen-bond donors (Lipinski definition) is 2. The van der Waals surface area contributed by atoms with Crippen LogP contribution in [0.5, 0.6) is 0 Å². The van der Waals surface area contributed by atoms with Crippen LogP contribution < -0.4 is 5.32 Å². The fraction of sp³-hybridized carbons (Fsp3) is 0.286. The average molecular weight is 320 g/mol. The molecule has 0 aliphatic heterocycles. The number of benzene rings is 2. The third kappa shape index (κ3) is 3.67. The van der Waals surface area contributed by atoms with Gasteiger partial charge in [0.15, 0.2) is 0 Å². The molecular formula is C21H24N2O. The molecule has 0 aliphatic carbocycles. The lowest BCUT2D eigenvalue weighted by Gasteiger charge is -2.16. The Bertz CT molecular complexity index is 807. The highest BCUT2D eigenvalue weighted by atomic mass is 16.1. The number of nitrogens with one attached hydrogen (secondary N) is 2. The van der Waals surface area contributed by atoms with Gasteiger partial charge in [0.05, 0.1) is 0 Å². The Balaban J connectivity index is 1.57. The third-order valence-electron chi connectivity index (χ3n) is 4.60. The first-order valence-corrected chi connectivity index (χ1v) is 8.53. The second kappa shape index (κ2) is 7.35. The molecule has 2 N–H and O–H groups in total. The van der Waals surface area contributed by atoms with E-state index in [9.17, 15) is 4.79 Å². The van der Waals surface area contributed by atoms with E-state index in [2.05, 4.69) is 41.5 Å². The number of aromatic nitrogens is 1. The number of amides is 1. The van der Waals surface area contributed by atoms with Crippen molar-refractivity contribution in [3.8, 4) is 0 Å². The lowest BCUT2D eigenvalue weighted by molar-refractivity contribution is -0.124. The monoisotopic (exact) mass is 320 g/mol. The zero-order chi connectivity index (χ0) is 16.9. The Morgan fingerprint density at radius 3 is 2.54 bits per heavy atom. The first-order chi connectivity index (χ1) is 11.6. The Kier molecular flexibility index (Phi) is 4.99. The number of rotatable bonds is 6. The molecule has 0 spiro atoms. The highest BCUT2D eigenvalue weighted by molar-refractivity contribution is 5.84. The summed E-state index contributed by atoms with van der Waals surface area (Å²) >= 11 is 0. The number of hydrogen-bond acceptors (Lipinski definition) is 1. The fourth-order valence-corrected chi connectivity index (χ4v) is 3.05. The standard InChI is InChI=1S/C21H24N2O/c1-15(12-18-14-22-20-11-7-6-10-19(18)20)21(24)23-13-16(2)17-8-4-3-5-9-17/h3-11,14-16,22H,12-13H2,1-2H3,(H,23,24). The summed E-state index contributed by atoms with van der Waals surface area (Å²) in [6, 6.07) is 18.5. The van der Waals surface area contributed by atoms with Crippen molar-refractivity contribution in [1.82, 2.24) is 10.3 Å². The summed E-state index contributed by atoms with van der Waals surface area (Å²) in [7, 11) is 0. The van der Waals surface area contributed by atoms with Crippen LogP contribution in [0.4, 0.5) is 0 Å². The van der Waals surface area contributed by atoms with Crippen LogP contribution in [0.3, 0.4) is 0 Å². The molecule has 0 saturated carbocycles. The molecule has 0 fully saturated rings. The molecule has 3 nitrogen and oxygen atoms in total. The van der Waals surface area contributed by atoms with Crippen molar-refractivity contribution in [3.63, 3.8) is 0 Å². The van der Waals surface area contributed by atoms with Gasteiger partial charge in [0, 0.05) is 29.6 Å². The lowest BCUT2D eigenvalue weighted by Crippen LogP contribution is -2.33. The molecule has 124 valence electrons. The van der Waals surface area contributed by atoms with Crippen LogP contribution in [-0.4, -0.2) is 17.4 Å². The first kappa shape index (κ1) is 16.3. The number of fused-ring (bicyclic) bond motifs is 1.